The normalized spacial score (nSPS) is 15.5. The van der Waals surface area contributed by atoms with Crippen LogP contribution in [0, 0.1) is 0 Å². The van der Waals surface area contributed by atoms with Crippen LogP contribution in [-0.2, 0) is 15.7 Å². The van der Waals surface area contributed by atoms with Gasteiger partial charge in [-0.15, -0.1) is 11.8 Å². The maximum Gasteiger partial charge on any atom is 0.416 e. The lowest BCUT2D eigenvalue weighted by molar-refractivity contribution is -0.153. The van der Waals surface area contributed by atoms with Gasteiger partial charge in [0.1, 0.15) is 23.5 Å². The van der Waals surface area contributed by atoms with E-state index in [0.717, 1.165) is 12.1 Å². The molecule has 0 saturated carbocycles. The molecule has 0 bridgehead atoms. The van der Waals surface area contributed by atoms with E-state index in [4.69, 9.17) is 4.74 Å². The van der Waals surface area contributed by atoms with Crippen molar-refractivity contribution in [2.24, 2.45) is 0 Å². The molecule has 196 valence electrons. The Balaban J connectivity index is 1.82. The van der Waals surface area contributed by atoms with Crippen LogP contribution in [0.3, 0.4) is 0 Å². The molecule has 2 N–H and O–H groups in total. The maximum absolute atomic E-state index is 13.7. The lowest BCUT2D eigenvalue weighted by Crippen LogP contribution is -2.39. The monoisotopic (exact) mass is 598 g/mol. The molecule has 0 spiro atoms. The van der Waals surface area contributed by atoms with E-state index < -0.39 is 58.7 Å². The Kier molecular flexibility index (Phi) is 7.10. The number of aromatic hydroxyl groups is 1. The number of rotatable bonds is 4. The summed E-state index contributed by atoms with van der Waals surface area (Å²) in [4.78, 5) is 39.4. The van der Waals surface area contributed by atoms with E-state index in [9.17, 15) is 32.7 Å². The Morgan fingerprint density at radius 1 is 1.19 bits per heavy atom. The van der Waals surface area contributed by atoms with Gasteiger partial charge in [0.25, 0.3) is 11.5 Å². The fraction of sp³-hybridized carbons (Fsp3) is 0.320. The molecule has 0 saturated heterocycles. The van der Waals surface area contributed by atoms with Gasteiger partial charge in [0.05, 0.1) is 17.1 Å². The van der Waals surface area contributed by atoms with Crippen molar-refractivity contribution in [2.45, 2.75) is 43.5 Å². The van der Waals surface area contributed by atoms with Crippen molar-refractivity contribution in [1.29, 1.82) is 0 Å². The first-order valence-electron chi connectivity index (χ1n) is 11.1. The molecule has 7 nitrogen and oxygen atoms in total. The van der Waals surface area contributed by atoms with Crippen molar-refractivity contribution in [1.82, 2.24) is 9.88 Å². The Hall–Kier alpha value is -2.99. The Bertz CT molecular complexity index is 1460. The summed E-state index contributed by atoms with van der Waals surface area (Å²) in [6.07, 6.45) is -4.51. The number of carbonyl (C=O) groups is 2. The van der Waals surface area contributed by atoms with E-state index in [2.05, 4.69) is 21.2 Å². The van der Waals surface area contributed by atoms with Gasteiger partial charge in [-0.2, -0.15) is 13.2 Å². The summed E-state index contributed by atoms with van der Waals surface area (Å²) in [5.74, 6) is -1.97. The molecule has 1 aliphatic rings. The minimum absolute atomic E-state index is 0.204. The van der Waals surface area contributed by atoms with Crippen LogP contribution in [0.5, 0.6) is 5.75 Å². The number of halogens is 4. The van der Waals surface area contributed by atoms with E-state index in [1.54, 1.807) is 32.9 Å². The van der Waals surface area contributed by atoms with Crippen LogP contribution in [0.15, 0.2) is 50.6 Å². The molecule has 2 aromatic carbocycles. The second-order valence-electron chi connectivity index (χ2n) is 9.41. The summed E-state index contributed by atoms with van der Waals surface area (Å²) in [6, 6.07) is 7.06. The minimum Gasteiger partial charge on any atom is -0.506 e. The third kappa shape index (κ3) is 5.49. The molecule has 1 aromatic heterocycles. The van der Waals surface area contributed by atoms with Gasteiger partial charge >= 0.3 is 12.1 Å². The van der Waals surface area contributed by atoms with Crippen molar-refractivity contribution < 1.29 is 32.6 Å². The quantitative estimate of drug-likeness (QED) is 0.398. The highest BCUT2D eigenvalue weighted by Crippen LogP contribution is 2.43. The van der Waals surface area contributed by atoms with Crippen molar-refractivity contribution in [3.63, 3.8) is 0 Å². The number of nitrogens with zero attached hydrogens (tertiary/aromatic N) is 1. The fourth-order valence-electron chi connectivity index (χ4n) is 4.07. The average Bonchev–Trinajstić information content (AvgIpc) is 2.79. The molecule has 0 aliphatic carbocycles. The van der Waals surface area contributed by atoms with Crippen molar-refractivity contribution in [3.8, 4) is 5.75 Å². The van der Waals surface area contributed by atoms with Crippen molar-refractivity contribution in [3.05, 3.63) is 67.9 Å². The van der Waals surface area contributed by atoms with E-state index >= 15 is 0 Å². The number of amides is 1. The molecular weight excluding hydrogens is 577 g/mol. The zero-order valence-corrected chi connectivity index (χ0v) is 22.3. The number of pyridine rings is 1. The van der Waals surface area contributed by atoms with Crippen LogP contribution < -0.4 is 10.9 Å². The van der Waals surface area contributed by atoms with Gasteiger partial charge in [0.15, 0.2) is 0 Å². The Morgan fingerprint density at radius 3 is 2.43 bits per heavy atom. The summed E-state index contributed by atoms with van der Waals surface area (Å²) in [7, 11) is 0. The summed E-state index contributed by atoms with van der Waals surface area (Å²) in [6.45, 7) is 4.45. The van der Waals surface area contributed by atoms with E-state index in [0.29, 0.717) is 26.2 Å². The molecule has 2 heterocycles. The minimum atomic E-state index is -4.51. The molecule has 12 heteroatoms. The predicted octanol–water partition coefficient (Wildman–Crippen LogP) is 5.26. The SMILES string of the molecule is CC(C)(C)OC(=O)CNC(=O)c1c(O)c2cc(Br)cc3c2n(c1=O)C(c1ccc(C(F)(F)F)cc1)CS3. The molecule has 3 aromatic rings. The fourth-order valence-corrected chi connectivity index (χ4v) is 5.92. The average molecular weight is 599 g/mol. The lowest BCUT2D eigenvalue weighted by atomic mass is 10.0. The summed E-state index contributed by atoms with van der Waals surface area (Å²) >= 11 is 4.75. The second-order valence-corrected chi connectivity index (χ2v) is 11.4. The van der Waals surface area contributed by atoms with E-state index in [1.807, 2.05) is 0 Å². The van der Waals surface area contributed by atoms with E-state index in [1.165, 1.54) is 28.5 Å². The highest BCUT2D eigenvalue weighted by molar-refractivity contribution is 9.10. The summed E-state index contributed by atoms with van der Waals surface area (Å²) < 4.78 is 46.3. The largest absolute Gasteiger partial charge is 0.506 e. The van der Waals surface area contributed by atoms with Gasteiger partial charge in [-0.1, -0.05) is 28.1 Å². The maximum atomic E-state index is 13.7. The molecule has 0 fully saturated rings. The smallest absolute Gasteiger partial charge is 0.416 e. The topological polar surface area (TPSA) is 97.6 Å². The molecule has 1 unspecified atom stereocenters. The lowest BCUT2D eigenvalue weighted by Gasteiger charge is -2.29. The number of hydrogen-bond acceptors (Lipinski definition) is 6. The van der Waals surface area contributed by atoms with Gasteiger partial charge in [-0.05, 0) is 50.6 Å². The number of thioether (sulfide) groups is 1. The molecule has 0 radical (unpaired) electrons. The molecular formula is C25H22BrF3N2O5S. The Labute approximate surface area is 222 Å². The molecule has 37 heavy (non-hydrogen) atoms. The molecule has 1 amide bonds. The Morgan fingerprint density at radius 2 is 1.84 bits per heavy atom. The summed E-state index contributed by atoms with van der Waals surface area (Å²) in [5, 5.41) is 13.5. The zero-order chi connectivity index (χ0) is 27.3. The number of esters is 1. The van der Waals surface area contributed by atoms with E-state index in [-0.39, 0.29) is 5.39 Å². The number of hydrogen-bond donors (Lipinski definition) is 2. The molecule has 1 aliphatic heterocycles. The number of nitrogens with one attached hydrogen (secondary N) is 1. The van der Waals surface area contributed by atoms with Crippen LogP contribution in [0.2, 0.25) is 0 Å². The molecule has 1 atom stereocenters. The van der Waals surface area contributed by atoms with Crippen LogP contribution in [0.4, 0.5) is 13.2 Å². The number of carbonyl (C=O) groups excluding carboxylic acids is 2. The van der Waals surface area contributed by atoms with Crippen LogP contribution >= 0.6 is 27.7 Å². The summed E-state index contributed by atoms with van der Waals surface area (Å²) in [5.41, 5.74) is -2.23. The highest BCUT2D eigenvalue weighted by atomic mass is 79.9. The van der Waals surface area contributed by atoms with Crippen molar-refractivity contribution in [2.75, 3.05) is 12.3 Å². The number of ether oxygens (including phenoxy) is 1. The highest BCUT2D eigenvalue weighted by Gasteiger charge is 2.33. The first-order chi connectivity index (χ1) is 17.2. The van der Waals surface area contributed by atoms with Gasteiger partial charge in [-0.3, -0.25) is 19.0 Å². The van der Waals surface area contributed by atoms with Crippen LogP contribution in [-0.4, -0.2) is 39.4 Å². The molecule has 4 rings (SSSR count). The predicted molar refractivity (Wildman–Crippen MR) is 136 cm³/mol. The standard InChI is InChI=1S/C25H22BrF3N2O5S/c1-24(2,3)36-18(32)10-30-22(34)19-21(33)15-8-14(26)9-17-20(15)31(23(19)35)16(11-37-17)12-4-6-13(7-5-12)25(27,28)29/h4-9,16,33H,10-11H2,1-3H3,(H,30,34). The third-order valence-corrected chi connectivity index (χ3v) is 7.14. The first kappa shape index (κ1) is 27.1. The van der Waals surface area contributed by atoms with Crippen LogP contribution in [0.25, 0.3) is 10.9 Å². The zero-order valence-electron chi connectivity index (χ0n) is 19.9. The van der Waals surface area contributed by atoms with Gasteiger partial charge < -0.3 is 15.2 Å². The number of aromatic nitrogens is 1. The number of alkyl halides is 3. The van der Waals surface area contributed by atoms with Crippen LogP contribution in [0.1, 0.15) is 48.3 Å². The van der Waals surface area contributed by atoms with Gasteiger partial charge in [0.2, 0.25) is 0 Å². The number of benzene rings is 2. The second kappa shape index (κ2) is 9.71. The van der Waals surface area contributed by atoms with Crippen molar-refractivity contribution >= 4 is 50.5 Å². The van der Waals surface area contributed by atoms with Gasteiger partial charge in [0, 0.05) is 20.5 Å². The first-order valence-corrected chi connectivity index (χ1v) is 12.9. The third-order valence-electron chi connectivity index (χ3n) is 5.58. The van der Waals surface area contributed by atoms with Gasteiger partial charge in [-0.25, -0.2) is 0 Å².